The molecule has 1 atom stereocenters. The zero-order valence-corrected chi connectivity index (χ0v) is 20.0. The number of alkyl halides is 3. The first kappa shape index (κ1) is 25.6. The number of nitrogens with zero attached hydrogens (tertiary/aromatic N) is 5. The molecule has 178 valence electrons. The van der Waals surface area contributed by atoms with Crippen LogP contribution in [0, 0.1) is 24.2 Å². The van der Waals surface area contributed by atoms with Crippen molar-refractivity contribution in [2.75, 3.05) is 0 Å². The van der Waals surface area contributed by atoms with Crippen LogP contribution in [-0.4, -0.2) is 24.7 Å². The Balaban J connectivity index is 0.00000324. The van der Waals surface area contributed by atoms with Crippen molar-refractivity contribution in [2.24, 2.45) is 0 Å². The monoisotopic (exact) mass is 652 g/mol. The van der Waals surface area contributed by atoms with Crippen molar-refractivity contribution in [1.82, 2.24) is 24.7 Å². The van der Waals surface area contributed by atoms with Crippen LogP contribution in [-0.2, 0) is 32.7 Å². The number of pyridine rings is 3. The van der Waals surface area contributed by atoms with Crippen molar-refractivity contribution in [3.8, 4) is 17.1 Å². The molecule has 4 heterocycles. The zero-order chi connectivity index (χ0) is 23.8. The summed E-state index contributed by atoms with van der Waals surface area (Å²) in [5.41, 5.74) is -0.673. The molecule has 1 unspecified atom stereocenters. The molecule has 0 N–H and O–H groups in total. The third-order valence-corrected chi connectivity index (χ3v) is 5.36. The van der Waals surface area contributed by atoms with Crippen molar-refractivity contribution in [3.05, 3.63) is 89.8 Å². The minimum Gasteiger partial charge on any atom is -0.343 e. The number of aromatic nitrogens is 5. The second-order valence-corrected chi connectivity index (χ2v) is 7.43. The summed E-state index contributed by atoms with van der Waals surface area (Å²) in [6, 6.07) is 14.0. The third kappa shape index (κ3) is 4.92. The molecule has 0 aliphatic carbocycles. The summed E-state index contributed by atoms with van der Waals surface area (Å²) in [5.74, 6) is -1.87. The van der Waals surface area contributed by atoms with Crippen LogP contribution in [0.5, 0.6) is 0 Å². The van der Waals surface area contributed by atoms with Gasteiger partial charge in [-0.15, -0.1) is 12.1 Å². The minimum absolute atomic E-state index is 0. The number of rotatable bonds is 5. The van der Waals surface area contributed by atoms with E-state index in [-0.39, 0.29) is 38.1 Å². The molecule has 0 bridgehead atoms. The second kappa shape index (κ2) is 9.70. The fraction of sp³-hybridized carbons (Fsp3) is 0.217. The molecule has 0 aromatic carbocycles. The van der Waals surface area contributed by atoms with Gasteiger partial charge in [0, 0.05) is 16.8 Å². The smallest absolute Gasteiger partial charge is 0.343 e. The van der Waals surface area contributed by atoms with Crippen LogP contribution in [0.2, 0.25) is 0 Å². The largest absolute Gasteiger partial charge is 2.00 e. The molecule has 4 aromatic rings. The van der Waals surface area contributed by atoms with E-state index in [0.717, 1.165) is 16.8 Å². The summed E-state index contributed by atoms with van der Waals surface area (Å²) in [7, 11) is 0. The first-order valence-corrected chi connectivity index (χ1v) is 9.86. The van der Waals surface area contributed by atoms with Crippen molar-refractivity contribution < 1.29 is 43.0 Å². The molecular weight excluding hydrogens is 636 g/mol. The van der Waals surface area contributed by atoms with Crippen molar-refractivity contribution in [1.29, 1.82) is 0 Å². The van der Waals surface area contributed by atoms with Crippen molar-refractivity contribution in [3.63, 3.8) is 0 Å². The number of halogens is 5. The Bertz CT molecular complexity index is 1310. The van der Waals surface area contributed by atoms with E-state index in [1.165, 1.54) is 6.07 Å². The van der Waals surface area contributed by atoms with Gasteiger partial charge in [-0.05, 0) is 31.2 Å². The standard InChI is InChI=1S/C23H16F5N5.Pt/c1-3-22(2,16-7-4-6-15(29-16)14-10-11-19(24)31-21(14)25)17-8-5-9-20(30-17)33-13-12-18(32-33)23(26,27)28;/h4-9,11-12H,3H2,1-2H3;/q-2;+2. The van der Waals surface area contributed by atoms with Gasteiger partial charge in [0.05, 0.1) is 11.5 Å². The molecule has 4 aromatic heterocycles. The van der Waals surface area contributed by atoms with E-state index in [0.29, 0.717) is 17.8 Å². The van der Waals surface area contributed by atoms with Crippen molar-refractivity contribution in [2.45, 2.75) is 31.9 Å². The van der Waals surface area contributed by atoms with E-state index in [4.69, 9.17) is 0 Å². The summed E-state index contributed by atoms with van der Waals surface area (Å²) in [6.07, 6.45) is -1.65. The van der Waals surface area contributed by atoms with E-state index in [1.54, 1.807) is 30.3 Å². The maximum atomic E-state index is 14.2. The maximum Gasteiger partial charge on any atom is 2.00 e. The Kier molecular flexibility index (Phi) is 7.31. The number of hydrogen-bond donors (Lipinski definition) is 0. The molecule has 5 nitrogen and oxygen atoms in total. The molecule has 0 aliphatic heterocycles. The Hall–Kier alpha value is -3.00. The van der Waals surface area contributed by atoms with Gasteiger partial charge in [0.25, 0.3) is 0 Å². The summed E-state index contributed by atoms with van der Waals surface area (Å²) < 4.78 is 67.0. The molecular formula is C23H16F5N5Pt. The van der Waals surface area contributed by atoms with Gasteiger partial charge >= 0.3 is 27.2 Å². The molecule has 0 amide bonds. The molecule has 0 saturated carbocycles. The average molecular weight is 652 g/mol. The first-order valence-electron chi connectivity index (χ1n) is 9.86. The average Bonchev–Trinajstić information content (AvgIpc) is 3.30. The van der Waals surface area contributed by atoms with E-state index >= 15 is 0 Å². The van der Waals surface area contributed by atoms with E-state index in [1.807, 2.05) is 13.8 Å². The predicted molar refractivity (Wildman–Crippen MR) is 108 cm³/mol. The van der Waals surface area contributed by atoms with Gasteiger partial charge in [0.1, 0.15) is 11.9 Å². The van der Waals surface area contributed by atoms with Crippen LogP contribution in [0.15, 0.2) is 48.5 Å². The fourth-order valence-corrected chi connectivity index (χ4v) is 3.32. The van der Waals surface area contributed by atoms with Gasteiger partial charge < -0.3 is 9.67 Å². The quantitative estimate of drug-likeness (QED) is 0.166. The van der Waals surface area contributed by atoms with Crippen LogP contribution < -0.4 is 0 Å². The van der Waals surface area contributed by atoms with Gasteiger partial charge in [-0.25, -0.2) is 8.78 Å². The van der Waals surface area contributed by atoms with E-state index in [2.05, 4.69) is 32.3 Å². The summed E-state index contributed by atoms with van der Waals surface area (Å²) in [5, 5.41) is 3.52. The second-order valence-electron chi connectivity index (χ2n) is 7.43. The van der Waals surface area contributed by atoms with Gasteiger partial charge in [-0.3, -0.25) is 15.1 Å². The Labute approximate surface area is 206 Å². The van der Waals surface area contributed by atoms with Gasteiger partial charge in [-0.2, -0.15) is 13.2 Å². The topological polar surface area (TPSA) is 56.5 Å². The van der Waals surface area contributed by atoms with Crippen LogP contribution in [0.4, 0.5) is 22.0 Å². The molecule has 0 radical (unpaired) electrons. The Morgan fingerprint density at radius 1 is 0.912 bits per heavy atom. The van der Waals surface area contributed by atoms with E-state index in [9.17, 15) is 22.0 Å². The molecule has 0 aliphatic rings. The van der Waals surface area contributed by atoms with Gasteiger partial charge in [0.15, 0.2) is 0 Å². The molecule has 4 rings (SSSR count). The SMILES string of the molecule is CCC(C)(c1cccc(-c2[c-]cc(F)nc2F)n1)c1cccc(-n2[c-]cc(C(F)(F)F)n2)n1.[Pt+2]. The maximum absolute atomic E-state index is 14.2. The van der Waals surface area contributed by atoms with Crippen LogP contribution in [0.25, 0.3) is 17.1 Å². The van der Waals surface area contributed by atoms with E-state index < -0.39 is 29.2 Å². The minimum atomic E-state index is -4.59. The Morgan fingerprint density at radius 3 is 2.21 bits per heavy atom. The van der Waals surface area contributed by atoms with Crippen molar-refractivity contribution >= 4 is 0 Å². The summed E-state index contributed by atoms with van der Waals surface area (Å²) in [4.78, 5) is 12.2. The fourth-order valence-electron chi connectivity index (χ4n) is 3.32. The Morgan fingerprint density at radius 2 is 1.59 bits per heavy atom. The summed E-state index contributed by atoms with van der Waals surface area (Å²) in [6.45, 7) is 3.76. The number of hydrogen-bond acceptors (Lipinski definition) is 4. The molecule has 11 heteroatoms. The molecule has 0 fully saturated rings. The predicted octanol–water partition coefficient (Wildman–Crippen LogP) is 5.34. The third-order valence-electron chi connectivity index (χ3n) is 5.36. The van der Waals surface area contributed by atoms with Crippen LogP contribution in [0.3, 0.4) is 0 Å². The summed E-state index contributed by atoms with van der Waals surface area (Å²) >= 11 is 0. The zero-order valence-electron chi connectivity index (χ0n) is 17.8. The van der Waals surface area contributed by atoms with Gasteiger partial charge in [-0.1, -0.05) is 49.0 Å². The van der Waals surface area contributed by atoms with Gasteiger partial charge in [0.2, 0.25) is 0 Å². The molecule has 0 spiro atoms. The molecule has 34 heavy (non-hydrogen) atoms. The van der Waals surface area contributed by atoms with Crippen LogP contribution >= 0.6 is 0 Å². The normalized spacial score (nSPS) is 13.3. The van der Waals surface area contributed by atoms with Crippen LogP contribution in [0.1, 0.15) is 37.4 Å². The molecule has 0 saturated heterocycles. The first-order chi connectivity index (χ1) is 15.6.